The Kier molecular flexibility index (Phi) is 6.45. The van der Waals surface area contributed by atoms with Gasteiger partial charge in [0.15, 0.2) is 6.23 Å². The van der Waals surface area contributed by atoms with Gasteiger partial charge in [0.05, 0.1) is 24.2 Å². The van der Waals surface area contributed by atoms with Crippen molar-refractivity contribution >= 4 is 11.6 Å². The minimum atomic E-state index is -0.352. The number of nitrogens with one attached hydrogen (secondary N) is 1. The molecule has 4 aromatic rings. The summed E-state index contributed by atoms with van der Waals surface area (Å²) in [5.74, 6) is 0.333. The van der Waals surface area contributed by atoms with Crippen molar-refractivity contribution in [1.82, 2.24) is 14.8 Å². The summed E-state index contributed by atoms with van der Waals surface area (Å²) in [4.78, 5) is 17.7. The molecule has 1 aliphatic heterocycles. The van der Waals surface area contributed by atoms with Crippen molar-refractivity contribution in [2.75, 3.05) is 19.0 Å². The van der Waals surface area contributed by atoms with E-state index in [4.69, 9.17) is 9.47 Å². The number of aromatic hydroxyl groups is 1. The molecule has 178 valence electrons. The van der Waals surface area contributed by atoms with Crippen LogP contribution < -0.4 is 10.1 Å². The SMILES string of the molecule is COc1cc(-c2cccc(O)c2)ccc1NC(=O)c1cccc(-c2ccnn2C2CCCCO2)n1. The largest absolute Gasteiger partial charge is 0.508 e. The normalized spacial score (nSPS) is 15.5. The van der Waals surface area contributed by atoms with Gasteiger partial charge in [-0.3, -0.25) is 4.79 Å². The molecule has 0 bridgehead atoms. The Balaban J connectivity index is 1.38. The number of ether oxygens (including phenoxy) is 2. The Morgan fingerprint density at radius 1 is 1.09 bits per heavy atom. The number of phenolic OH excluding ortho intramolecular Hbond substituents is 1. The van der Waals surface area contributed by atoms with Gasteiger partial charge in [0.1, 0.15) is 17.2 Å². The van der Waals surface area contributed by atoms with Gasteiger partial charge in [0.25, 0.3) is 5.91 Å². The lowest BCUT2D eigenvalue weighted by Gasteiger charge is -2.24. The second kappa shape index (κ2) is 9.99. The summed E-state index contributed by atoms with van der Waals surface area (Å²) >= 11 is 0. The zero-order valence-electron chi connectivity index (χ0n) is 19.3. The van der Waals surface area contributed by atoms with Crippen LogP contribution >= 0.6 is 0 Å². The molecule has 1 aliphatic rings. The topological polar surface area (TPSA) is 98.5 Å². The highest BCUT2D eigenvalue weighted by atomic mass is 16.5. The highest BCUT2D eigenvalue weighted by Gasteiger charge is 2.21. The van der Waals surface area contributed by atoms with E-state index < -0.39 is 0 Å². The molecule has 5 rings (SSSR count). The number of anilines is 1. The van der Waals surface area contributed by atoms with Gasteiger partial charge >= 0.3 is 0 Å². The van der Waals surface area contributed by atoms with Crippen molar-refractivity contribution < 1.29 is 19.4 Å². The molecule has 2 aromatic heterocycles. The maximum atomic E-state index is 13.1. The van der Waals surface area contributed by atoms with Gasteiger partial charge in [0.2, 0.25) is 0 Å². The number of hydrogen-bond donors (Lipinski definition) is 2. The van der Waals surface area contributed by atoms with E-state index in [9.17, 15) is 9.90 Å². The fourth-order valence-electron chi connectivity index (χ4n) is 4.21. The third-order valence-electron chi connectivity index (χ3n) is 5.97. The highest BCUT2D eigenvalue weighted by molar-refractivity contribution is 6.04. The summed E-state index contributed by atoms with van der Waals surface area (Å²) < 4.78 is 13.2. The van der Waals surface area contributed by atoms with E-state index in [1.165, 1.54) is 0 Å². The quantitative estimate of drug-likeness (QED) is 0.398. The van der Waals surface area contributed by atoms with Crippen LogP contribution in [0.4, 0.5) is 5.69 Å². The van der Waals surface area contributed by atoms with E-state index >= 15 is 0 Å². The number of nitrogens with zero attached hydrogens (tertiary/aromatic N) is 3. The number of carbonyl (C=O) groups excluding carboxylic acids is 1. The number of aromatic nitrogens is 3. The molecule has 0 saturated carbocycles. The van der Waals surface area contributed by atoms with Gasteiger partial charge in [-0.2, -0.15) is 5.10 Å². The standard InChI is InChI=1S/C27H26N4O4/c1-34-25-17-19(18-6-4-7-20(32)16-18)11-12-22(25)30-27(33)23-9-5-8-21(29-23)24-13-14-28-31(24)26-10-2-3-15-35-26/h4-9,11-14,16-17,26,32H,2-3,10,15H2,1H3,(H,30,33). The van der Waals surface area contributed by atoms with Crippen LogP contribution in [0.3, 0.4) is 0 Å². The van der Waals surface area contributed by atoms with E-state index in [2.05, 4.69) is 15.4 Å². The number of pyridine rings is 1. The monoisotopic (exact) mass is 470 g/mol. The molecule has 0 aliphatic carbocycles. The lowest BCUT2D eigenvalue weighted by atomic mass is 10.0. The van der Waals surface area contributed by atoms with Gasteiger partial charge in [-0.15, -0.1) is 0 Å². The summed E-state index contributed by atoms with van der Waals surface area (Å²) in [5, 5.41) is 17.1. The number of methoxy groups -OCH3 is 1. The van der Waals surface area contributed by atoms with Crippen LogP contribution in [0.25, 0.3) is 22.5 Å². The van der Waals surface area contributed by atoms with Gasteiger partial charge in [-0.05, 0) is 72.9 Å². The van der Waals surface area contributed by atoms with Gasteiger partial charge in [-0.25, -0.2) is 9.67 Å². The molecule has 1 amide bonds. The second-order valence-electron chi connectivity index (χ2n) is 8.31. The Labute approximate surface area is 203 Å². The summed E-state index contributed by atoms with van der Waals surface area (Å²) in [6.45, 7) is 0.714. The first-order valence-electron chi connectivity index (χ1n) is 11.5. The van der Waals surface area contributed by atoms with Crippen LogP contribution in [0, 0.1) is 0 Å². The van der Waals surface area contributed by atoms with Crippen molar-refractivity contribution in [1.29, 1.82) is 0 Å². The van der Waals surface area contributed by atoms with Crippen molar-refractivity contribution in [2.45, 2.75) is 25.5 Å². The van der Waals surface area contributed by atoms with Crippen molar-refractivity contribution in [3.8, 4) is 34.0 Å². The maximum absolute atomic E-state index is 13.1. The number of carbonyl (C=O) groups is 1. The van der Waals surface area contributed by atoms with Crippen LogP contribution in [0.15, 0.2) is 72.9 Å². The first-order chi connectivity index (χ1) is 17.1. The smallest absolute Gasteiger partial charge is 0.274 e. The fourth-order valence-corrected chi connectivity index (χ4v) is 4.21. The Bertz CT molecular complexity index is 1340. The molecular weight excluding hydrogens is 444 g/mol. The first kappa shape index (κ1) is 22.6. The highest BCUT2D eigenvalue weighted by Crippen LogP contribution is 2.32. The maximum Gasteiger partial charge on any atom is 0.274 e. The third kappa shape index (κ3) is 4.88. The molecule has 1 unspecified atom stereocenters. The van der Waals surface area contributed by atoms with Crippen molar-refractivity contribution in [3.05, 3.63) is 78.6 Å². The summed E-state index contributed by atoms with van der Waals surface area (Å²) in [6, 6.07) is 19.6. The van der Waals surface area contributed by atoms with E-state index in [1.54, 1.807) is 49.7 Å². The van der Waals surface area contributed by atoms with E-state index in [0.29, 0.717) is 23.7 Å². The fraction of sp³-hybridized carbons (Fsp3) is 0.222. The van der Waals surface area contributed by atoms with E-state index in [0.717, 1.165) is 36.1 Å². The molecule has 3 heterocycles. The van der Waals surface area contributed by atoms with Crippen molar-refractivity contribution in [2.24, 2.45) is 0 Å². The van der Waals surface area contributed by atoms with Crippen LogP contribution in [0.1, 0.15) is 36.0 Å². The lowest BCUT2D eigenvalue weighted by molar-refractivity contribution is -0.0384. The molecular formula is C27H26N4O4. The predicted octanol–water partition coefficient (Wildman–Crippen LogP) is 5.28. The summed E-state index contributed by atoms with van der Waals surface area (Å²) in [5.41, 5.74) is 3.95. The van der Waals surface area contributed by atoms with Gasteiger partial charge in [0, 0.05) is 12.8 Å². The molecule has 0 spiro atoms. The molecule has 35 heavy (non-hydrogen) atoms. The average Bonchev–Trinajstić information content (AvgIpc) is 3.40. The Hall–Kier alpha value is -4.17. The van der Waals surface area contributed by atoms with Crippen LogP contribution in [0.2, 0.25) is 0 Å². The van der Waals surface area contributed by atoms with Crippen LogP contribution in [-0.2, 0) is 4.74 Å². The van der Waals surface area contributed by atoms with E-state index in [1.807, 2.05) is 35.0 Å². The second-order valence-corrected chi connectivity index (χ2v) is 8.31. The molecule has 2 N–H and O–H groups in total. The lowest BCUT2D eigenvalue weighted by Crippen LogP contribution is -2.20. The number of phenols is 1. The molecule has 1 fully saturated rings. The molecule has 2 aromatic carbocycles. The van der Waals surface area contributed by atoms with Gasteiger partial charge < -0.3 is 19.9 Å². The van der Waals surface area contributed by atoms with Crippen molar-refractivity contribution in [3.63, 3.8) is 0 Å². The first-order valence-corrected chi connectivity index (χ1v) is 11.5. The number of rotatable bonds is 6. The average molecular weight is 471 g/mol. The molecule has 0 radical (unpaired) electrons. The molecule has 1 atom stereocenters. The molecule has 1 saturated heterocycles. The van der Waals surface area contributed by atoms with E-state index in [-0.39, 0.29) is 23.6 Å². The van der Waals surface area contributed by atoms with Gasteiger partial charge in [-0.1, -0.05) is 24.3 Å². The minimum Gasteiger partial charge on any atom is -0.508 e. The van der Waals surface area contributed by atoms with Crippen LogP contribution in [0.5, 0.6) is 11.5 Å². The Morgan fingerprint density at radius 3 is 2.74 bits per heavy atom. The zero-order chi connectivity index (χ0) is 24.2. The number of hydrogen-bond acceptors (Lipinski definition) is 6. The third-order valence-corrected chi connectivity index (χ3v) is 5.97. The van der Waals surface area contributed by atoms with Crippen LogP contribution in [-0.4, -0.2) is 39.5 Å². The Morgan fingerprint density at radius 2 is 1.94 bits per heavy atom. The zero-order valence-corrected chi connectivity index (χ0v) is 19.3. The molecule has 8 heteroatoms. The summed E-state index contributed by atoms with van der Waals surface area (Å²) in [7, 11) is 1.55. The minimum absolute atomic E-state index is 0.123. The molecule has 8 nitrogen and oxygen atoms in total. The predicted molar refractivity (Wildman–Crippen MR) is 132 cm³/mol. The summed E-state index contributed by atoms with van der Waals surface area (Å²) in [6.07, 6.45) is 4.64. The number of amides is 1. The number of benzene rings is 2.